The van der Waals surface area contributed by atoms with E-state index in [0.717, 1.165) is 16.9 Å². The van der Waals surface area contributed by atoms with Gasteiger partial charge in [-0.25, -0.2) is 9.48 Å². The number of amides is 2. The number of rotatable bonds is 6. The van der Waals surface area contributed by atoms with Crippen molar-refractivity contribution in [3.8, 4) is 5.69 Å². The average Bonchev–Trinajstić information content (AvgIpc) is 3.29. The van der Waals surface area contributed by atoms with Gasteiger partial charge in [-0.05, 0) is 47.0 Å². The zero-order valence-corrected chi connectivity index (χ0v) is 15.9. The minimum absolute atomic E-state index is 0.178. The highest BCUT2D eigenvalue weighted by molar-refractivity contribution is 5.90. The van der Waals surface area contributed by atoms with Crippen LogP contribution in [-0.2, 0) is 7.05 Å². The summed E-state index contributed by atoms with van der Waals surface area (Å²) in [6, 6.07) is 7.39. The Bertz CT molecular complexity index is 900. The molecule has 0 bridgehead atoms. The summed E-state index contributed by atoms with van der Waals surface area (Å²) in [7, 11) is 1.92. The first-order valence-corrected chi connectivity index (χ1v) is 8.82. The lowest BCUT2D eigenvalue weighted by Gasteiger charge is -2.22. The molecule has 2 amide bonds. The molecule has 0 radical (unpaired) electrons. The Labute approximate surface area is 157 Å². The molecule has 0 fully saturated rings. The largest absolute Gasteiger partial charge is 0.337 e. The summed E-state index contributed by atoms with van der Waals surface area (Å²) in [6.07, 6.45) is 3.29. The van der Waals surface area contributed by atoms with E-state index < -0.39 is 0 Å². The Hall–Kier alpha value is -3.23. The molecular formula is C18H24N8O. The summed E-state index contributed by atoms with van der Waals surface area (Å²) in [6.45, 7) is 6.73. The highest BCUT2D eigenvalue weighted by Gasteiger charge is 2.20. The van der Waals surface area contributed by atoms with Gasteiger partial charge in [0.15, 0.2) is 0 Å². The van der Waals surface area contributed by atoms with Gasteiger partial charge in [0.2, 0.25) is 0 Å². The minimum Gasteiger partial charge on any atom is -0.337 e. The van der Waals surface area contributed by atoms with Gasteiger partial charge in [0.25, 0.3) is 0 Å². The number of nitrogens with one attached hydrogen (secondary N) is 2. The third-order valence-corrected chi connectivity index (χ3v) is 4.61. The van der Waals surface area contributed by atoms with Crippen LogP contribution in [0.25, 0.3) is 5.69 Å². The fraction of sp³-hybridized carbons (Fsp3) is 0.389. The van der Waals surface area contributed by atoms with Gasteiger partial charge in [0.05, 0.1) is 5.69 Å². The molecule has 2 aromatic heterocycles. The fourth-order valence-electron chi connectivity index (χ4n) is 2.97. The van der Waals surface area contributed by atoms with Crippen LogP contribution >= 0.6 is 0 Å². The molecule has 3 rings (SSSR count). The molecule has 0 aliphatic rings. The maximum Gasteiger partial charge on any atom is 0.319 e. The average molecular weight is 368 g/mol. The van der Waals surface area contributed by atoms with E-state index in [1.54, 1.807) is 10.9 Å². The quantitative estimate of drug-likeness (QED) is 0.695. The second-order valence-corrected chi connectivity index (χ2v) is 6.82. The van der Waals surface area contributed by atoms with Crippen molar-refractivity contribution in [1.29, 1.82) is 0 Å². The van der Waals surface area contributed by atoms with Gasteiger partial charge in [0.1, 0.15) is 6.33 Å². The summed E-state index contributed by atoms with van der Waals surface area (Å²) in [5, 5.41) is 21.3. The Morgan fingerprint density at radius 1 is 1.26 bits per heavy atom. The van der Waals surface area contributed by atoms with E-state index >= 15 is 0 Å². The molecule has 0 spiro atoms. The van der Waals surface area contributed by atoms with E-state index in [-0.39, 0.29) is 11.9 Å². The first-order valence-electron chi connectivity index (χ1n) is 8.82. The molecule has 0 saturated heterocycles. The van der Waals surface area contributed by atoms with Crippen LogP contribution in [0.5, 0.6) is 0 Å². The van der Waals surface area contributed by atoms with E-state index in [0.29, 0.717) is 18.2 Å². The summed E-state index contributed by atoms with van der Waals surface area (Å²) >= 11 is 0. The lowest BCUT2D eigenvalue weighted by molar-refractivity contribution is 0.250. The number of carbonyl (C=O) groups excluding carboxylic acids is 1. The van der Waals surface area contributed by atoms with E-state index in [9.17, 15) is 4.79 Å². The summed E-state index contributed by atoms with van der Waals surface area (Å²) < 4.78 is 3.39. The Balaban J connectivity index is 1.67. The topological polar surface area (TPSA) is 103 Å². The second-order valence-electron chi connectivity index (χ2n) is 6.82. The Morgan fingerprint density at radius 3 is 2.70 bits per heavy atom. The van der Waals surface area contributed by atoms with Crippen molar-refractivity contribution < 1.29 is 4.79 Å². The highest BCUT2D eigenvalue weighted by Crippen LogP contribution is 2.23. The molecule has 27 heavy (non-hydrogen) atoms. The Kier molecular flexibility index (Phi) is 5.49. The van der Waals surface area contributed by atoms with Crippen LogP contribution in [0.1, 0.15) is 31.0 Å². The van der Waals surface area contributed by atoms with Crippen LogP contribution in [0, 0.1) is 12.8 Å². The lowest BCUT2D eigenvalue weighted by atomic mass is 9.92. The van der Waals surface area contributed by atoms with Gasteiger partial charge in [-0.3, -0.25) is 4.68 Å². The molecule has 1 aromatic carbocycles. The van der Waals surface area contributed by atoms with Crippen LogP contribution < -0.4 is 10.6 Å². The maximum atomic E-state index is 12.5. The first kappa shape index (κ1) is 18.6. The van der Waals surface area contributed by atoms with Crippen LogP contribution in [0.15, 0.2) is 36.8 Å². The number of tetrazole rings is 1. The van der Waals surface area contributed by atoms with Crippen molar-refractivity contribution in [2.75, 3.05) is 11.9 Å². The number of aromatic nitrogens is 6. The Morgan fingerprint density at radius 2 is 2.07 bits per heavy atom. The van der Waals surface area contributed by atoms with Crippen molar-refractivity contribution >= 4 is 11.7 Å². The molecule has 1 atom stereocenters. The number of carbonyl (C=O) groups is 1. The molecule has 9 nitrogen and oxygen atoms in total. The predicted molar refractivity (Wildman–Crippen MR) is 102 cm³/mol. The number of anilines is 1. The van der Waals surface area contributed by atoms with E-state index in [4.69, 9.17) is 0 Å². The number of aryl methyl sites for hydroxylation is 2. The normalized spacial score (nSPS) is 12.2. The second kappa shape index (κ2) is 7.98. The SMILES string of the molecule is Cc1ccc(-n2cnnn2)cc1NC(=O)NC[C@H](c1ccnn1C)C(C)C. The smallest absolute Gasteiger partial charge is 0.319 e. The highest BCUT2D eigenvalue weighted by atomic mass is 16.2. The molecule has 0 aliphatic carbocycles. The number of urea groups is 1. The monoisotopic (exact) mass is 368 g/mol. The molecule has 0 aliphatic heterocycles. The molecule has 0 saturated carbocycles. The molecular weight excluding hydrogens is 344 g/mol. The van der Waals surface area contributed by atoms with Crippen molar-refractivity contribution in [3.63, 3.8) is 0 Å². The molecule has 3 aromatic rings. The zero-order chi connectivity index (χ0) is 19.4. The minimum atomic E-state index is -0.250. The molecule has 2 heterocycles. The maximum absolute atomic E-state index is 12.5. The van der Waals surface area contributed by atoms with Crippen LogP contribution in [0.2, 0.25) is 0 Å². The molecule has 142 valence electrons. The van der Waals surface area contributed by atoms with Crippen LogP contribution in [0.3, 0.4) is 0 Å². The van der Waals surface area contributed by atoms with E-state index in [1.165, 1.54) is 6.33 Å². The molecule has 2 N–H and O–H groups in total. The third kappa shape index (κ3) is 4.30. The number of benzene rings is 1. The van der Waals surface area contributed by atoms with Gasteiger partial charge in [-0.1, -0.05) is 19.9 Å². The van der Waals surface area contributed by atoms with Gasteiger partial charge >= 0.3 is 6.03 Å². The van der Waals surface area contributed by atoms with Gasteiger partial charge in [-0.2, -0.15) is 5.10 Å². The van der Waals surface area contributed by atoms with Crippen LogP contribution in [-0.4, -0.2) is 42.6 Å². The summed E-state index contributed by atoms with van der Waals surface area (Å²) in [5.74, 6) is 0.544. The van der Waals surface area contributed by atoms with E-state index in [1.807, 2.05) is 42.9 Å². The van der Waals surface area contributed by atoms with Gasteiger partial charge < -0.3 is 10.6 Å². The summed E-state index contributed by atoms with van der Waals surface area (Å²) in [4.78, 5) is 12.5. The van der Waals surface area contributed by atoms with Gasteiger partial charge in [-0.15, -0.1) is 5.10 Å². The number of hydrogen-bond donors (Lipinski definition) is 2. The fourth-order valence-corrected chi connectivity index (χ4v) is 2.97. The van der Waals surface area contributed by atoms with Crippen molar-refractivity contribution in [2.24, 2.45) is 13.0 Å². The van der Waals surface area contributed by atoms with Gasteiger partial charge in [0, 0.05) is 37.1 Å². The number of nitrogens with zero attached hydrogens (tertiary/aromatic N) is 6. The first-order chi connectivity index (χ1) is 13.0. The molecule has 9 heteroatoms. The summed E-state index contributed by atoms with van der Waals surface area (Å²) in [5.41, 5.74) is 3.54. The standard InChI is InChI=1S/C18H24N8O/c1-12(2)15(17-7-8-21-25(17)4)10-19-18(27)22-16-9-14(6-5-13(16)3)26-11-20-23-24-26/h5-9,11-12,15H,10H2,1-4H3,(H2,19,22,27)/t15-/m0/s1. The van der Waals surface area contributed by atoms with Crippen molar-refractivity contribution in [3.05, 3.63) is 48.0 Å². The van der Waals surface area contributed by atoms with Crippen LogP contribution in [0.4, 0.5) is 10.5 Å². The molecule has 0 unspecified atom stereocenters. The zero-order valence-electron chi connectivity index (χ0n) is 15.9. The predicted octanol–water partition coefficient (Wildman–Crippen LogP) is 2.27. The van der Waals surface area contributed by atoms with Crippen molar-refractivity contribution in [2.45, 2.75) is 26.7 Å². The lowest BCUT2D eigenvalue weighted by Crippen LogP contribution is -2.34. The van der Waals surface area contributed by atoms with E-state index in [2.05, 4.69) is 45.1 Å². The number of hydrogen-bond acceptors (Lipinski definition) is 5. The van der Waals surface area contributed by atoms with Crippen molar-refractivity contribution in [1.82, 2.24) is 35.3 Å². The third-order valence-electron chi connectivity index (χ3n) is 4.61.